The van der Waals surface area contributed by atoms with Crippen molar-refractivity contribution in [2.45, 2.75) is 19.4 Å². The lowest BCUT2D eigenvalue weighted by Gasteiger charge is -2.16. The average molecular weight is 226 g/mol. The minimum Gasteiger partial charge on any atom is -0.309 e. The van der Waals surface area contributed by atoms with Crippen LogP contribution < -0.4 is 5.32 Å². The van der Waals surface area contributed by atoms with Gasteiger partial charge in [0, 0.05) is 17.5 Å². The lowest BCUT2D eigenvalue weighted by Crippen LogP contribution is -2.20. The predicted octanol–water partition coefficient (Wildman–Crippen LogP) is 3.15. The summed E-state index contributed by atoms with van der Waals surface area (Å²) < 4.78 is 12.8. The summed E-state index contributed by atoms with van der Waals surface area (Å²) in [4.78, 5) is 0. The van der Waals surface area contributed by atoms with Gasteiger partial charge in [0.25, 0.3) is 0 Å². The molecule has 1 aromatic rings. The van der Waals surface area contributed by atoms with Crippen molar-refractivity contribution in [2.24, 2.45) is 0 Å². The standard InChI is InChI=1S/C12H13ClFN/c1-3-5-12(15-4-2)10-7-6-9(14)8-11(10)13/h1,6-8,12,15H,4-5H2,2H3. The van der Waals surface area contributed by atoms with E-state index < -0.39 is 0 Å². The summed E-state index contributed by atoms with van der Waals surface area (Å²) in [6, 6.07) is 4.36. The van der Waals surface area contributed by atoms with Crippen LogP contribution in [0, 0.1) is 18.2 Å². The van der Waals surface area contributed by atoms with Gasteiger partial charge in [0.15, 0.2) is 0 Å². The van der Waals surface area contributed by atoms with Crippen molar-refractivity contribution in [3.8, 4) is 12.3 Å². The molecule has 80 valence electrons. The predicted molar refractivity (Wildman–Crippen MR) is 61.3 cm³/mol. The van der Waals surface area contributed by atoms with Gasteiger partial charge in [-0.1, -0.05) is 24.6 Å². The van der Waals surface area contributed by atoms with E-state index in [2.05, 4.69) is 11.2 Å². The molecule has 1 nitrogen and oxygen atoms in total. The molecule has 3 heteroatoms. The molecule has 0 aliphatic carbocycles. The van der Waals surface area contributed by atoms with E-state index in [0.29, 0.717) is 11.4 Å². The number of benzene rings is 1. The van der Waals surface area contributed by atoms with Gasteiger partial charge in [-0.25, -0.2) is 4.39 Å². The number of nitrogens with one attached hydrogen (secondary N) is 1. The maximum absolute atomic E-state index is 12.8. The van der Waals surface area contributed by atoms with Crippen molar-refractivity contribution in [1.82, 2.24) is 5.32 Å². The van der Waals surface area contributed by atoms with Crippen LogP contribution in [0.15, 0.2) is 18.2 Å². The van der Waals surface area contributed by atoms with Gasteiger partial charge in [-0.3, -0.25) is 0 Å². The zero-order valence-electron chi connectivity index (χ0n) is 8.56. The van der Waals surface area contributed by atoms with Gasteiger partial charge in [-0.05, 0) is 24.2 Å². The van der Waals surface area contributed by atoms with Crippen molar-refractivity contribution < 1.29 is 4.39 Å². The Morgan fingerprint density at radius 2 is 2.33 bits per heavy atom. The molecule has 1 N–H and O–H groups in total. The Bertz CT molecular complexity index is 370. The molecule has 0 amide bonds. The molecule has 0 bridgehead atoms. The van der Waals surface area contributed by atoms with Crippen LogP contribution in [-0.2, 0) is 0 Å². The Morgan fingerprint density at radius 3 is 2.87 bits per heavy atom. The Kier molecular flexibility index (Phi) is 4.61. The molecule has 0 saturated carbocycles. The van der Waals surface area contributed by atoms with Crippen molar-refractivity contribution in [1.29, 1.82) is 0 Å². The highest BCUT2D eigenvalue weighted by Gasteiger charge is 2.12. The number of hydrogen-bond donors (Lipinski definition) is 1. The SMILES string of the molecule is C#CCC(NCC)c1ccc(F)cc1Cl. The molecule has 0 aromatic heterocycles. The van der Waals surface area contributed by atoms with Crippen LogP contribution >= 0.6 is 11.6 Å². The van der Waals surface area contributed by atoms with E-state index >= 15 is 0 Å². The van der Waals surface area contributed by atoms with Gasteiger partial charge < -0.3 is 5.32 Å². The van der Waals surface area contributed by atoms with Crippen LogP contribution in [0.25, 0.3) is 0 Å². The first-order chi connectivity index (χ1) is 7.19. The van der Waals surface area contributed by atoms with Gasteiger partial charge >= 0.3 is 0 Å². The highest BCUT2D eigenvalue weighted by Crippen LogP contribution is 2.25. The first-order valence-corrected chi connectivity index (χ1v) is 5.18. The van der Waals surface area contributed by atoms with Crippen LogP contribution in [-0.4, -0.2) is 6.54 Å². The first kappa shape index (κ1) is 12.0. The maximum atomic E-state index is 12.8. The fourth-order valence-electron chi connectivity index (χ4n) is 1.44. The van der Waals surface area contributed by atoms with E-state index in [1.165, 1.54) is 12.1 Å². The summed E-state index contributed by atoms with van der Waals surface area (Å²) in [7, 11) is 0. The monoisotopic (exact) mass is 225 g/mol. The summed E-state index contributed by atoms with van der Waals surface area (Å²) in [6.45, 7) is 2.78. The number of terminal acetylenes is 1. The molecule has 15 heavy (non-hydrogen) atoms. The second-order valence-electron chi connectivity index (χ2n) is 3.18. The molecule has 0 radical (unpaired) electrons. The molecule has 0 aliphatic rings. The Balaban J connectivity index is 2.95. The third-order valence-electron chi connectivity index (χ3n) is 2.11. The normalized spacial score (nSPS) is 12.1. The molecular weight excluding hydrogens is 213 g/mol. The van der Waals surface area contributed by atoms with Gasteiger partial charge in [0.1, 0.15) is 5.82 Å². The molecule has 0 aliphatic heterocycles. The highest BCUT2D eigenvalue weighted by atomic mass is 35.5. The van der Waals surface area contributed by atoms with Crippen LogP contribution in [0.2, 0.25) is 5.02 Å². The summed E-state index contributed by atoms with van der Waals surface area (Å²) in [6.07, 6.45) is 5.81. The van der Waals surface area contributed by atoms with E-state index in [4.69, 9.17) is 18.0 Å². The molecule has 1 atom stereocenters. The molecular formula is C12H13ClFN. The van der Waals surface area contributed by atoms with Crippen LogP contribution in [0.3, 0.4) is 0 Å². The van der Waals surface area contributed by atoms with Crippen molar-refractivity contribution in [2.75, 3.05) is 6.54 Å². The number of hydrogen-bond acceptors (Lipinski definition) is 1. The smallest absolute Gasteiger partial charge is 0.124 e. The van der Waals surface area contributed by atoms with E-state index in [9.17, 15) is 4.39 Å². The zero-order chi connectivity index (χ0) is 11.3. The molecule has 1 rings (SSSR count). The average Bonchev–Trinajstić information content (AvgIpc) is 2.17. The molecule has 0 saturated heterocycles. The highest BCUT2D eigenvalue weighted by molar-refractivity contribution is 6.31. The minimum absolute atomic E-state index is 0.00639. The van der Waals surface area contributed by atoms with Gasteiger partial charge in [0.05, 0.1) is 0 Å². The Hall–Kier alpha value is -1.04. The first-order valence-electron chi connectivity index (χ1n) is 4.80. The fraction of sp³-hybridized carbons (Fsp3) is 0.333. The summed E-state index contributed by atoms with van der Waals surface area (Å²) in [5.41, 5.74) is 0.845. The lowest BCUT2D eigenvalue weighted by atomic mass is 10.0. The molecule has 1 aromatic carbocycles. The third kappa shape index (κ3) is 3.23. The second kappa shape index (κ2) is 5.75. The maximum Gasteiger partial charge on any atom is 0.124 e. The summed E-state index contributed by atoms with van der Waals surface area (Å²) >= 11 is 5.95. The quantitative estimate of drug-likeness (QED) is 0.777. The third-order valence-corrected chi connectivity index (χ3v) is 2.44. The minimum atomic E-state index is -0.334. The van der Waals surface area contributed by atoms with Crippen LogP contribution in [0.1, 0.15) is 24.9 Å². The fourth-order valence-corrected chi connectivity index (χ4v) is 1.74. The summed E-state index contributed by atoms with van der Waals surface area (Å²) in [5, 5.41) is 3.62. The number of halogens is 2. The topological polar surface area (TPSA) is 12.0 Å². The largest absolute Gasteiger partial charge is 0.309 e. The van der Waals surface area contributed by atoms with Crippen molar-refractivity contribution in [3.63, 3.8) is 0 Å². The zero-order valence-corrected chi connectivity index (χ0v) is 9.31. The van der Waals surface area contributed by atoms with Gasteiger partial charge in [-0.2, -0.15) is 0 Å². The van der Waals surface area contributed by atoms with Crippen LogP contribution in [0.4, 0.5) is 4.39 Å². The summed E-state index contributed by atoms with van der Waals surface area (Å²) in [5.74, 6) is 2.24. The van der Waals surface area contributed by atoms with E-state index in [0.717, 1.165) is 12.1 Å². The molecule has 0 heterocycles. The molecule has 1 unspecified atom stereocenters. The Morgan fingerprint density at radius 1 is 1.60 bits per heavy atom. The van der Waals surface area contributed by atoms with E-state index in [1.807, 2.05) is 6.92 Å². The van der Waals surface area contributed by atoms with Gasteiger partial charge in [-0.15, -0.1) is 12.3 Å². The Labute approximate surface area is 94.6 Å². The van der Waals surface area contributed by atoms with Crippen molar-refractivity contribution >= 4 is 11.6 Å². The number of rotatable bonds is 4. The van der Waals surface area contributed by atoms with E-state index in [1.54, 1.807) is 6.07 Å². The van der Waals surface area contributed by atoms with Gasteiger partial charge in [0.2, 0.25) is 0 Å². The van der Waals surface area contributed by atoms with Crippen LogP contribution in [0.5, 0.6) is 0 Å². The lowest BCUT2D eigenvalue weighted by molar-refractivity contribution is 0.562. The molecule has 0 spiro atoms. The second-order valence-corrected chi connectivity index (χ2v) is 3.59. The van der Waals surface area contributed by atoms with Crippen molar-refractivity contribution in [3.05, 3.63) is 34.6 Å². The van der Waals surface area contributed by atoms with E-state index in [-0.39, 0.29) is 11.9 Å². The molecule has 0 fully saturated rings.